The van der Waals surface area contributed by atoms with E-state index in [2.05, 4.69) is 15.6 Å². The molecule has 0 saturated heterocycles. The van der Waals surface area contributed by atoms with Crippen molar-refractivity contribution in [3.8, 4) is 0 Å². The second kappa shape index (κ2) is 11.7. The smallest absolute Gasteiger partial charge is 0.393 e. The zero-order valence-corrected chi connectivity index (χ0v) is 16.6. The topological polar surface area (TPSA) is 98.2 Å². The Morgan fingerprint density at radius 3 is 2.50 bits per heavy atom. The molecule has 0 heterocycles. The third kappa shape index (κ3) is 8.99. The Labute approximate surface area is 154 Å². The van der Waals surface area contributed by atoms with E-state index in [-0.39, 0.29) is 18.5 Å². The van der Waals surface area contributed by atoms with Crippen molar-refractivity contribution in [3.05, 3.63) is 30.3 Å². The lowest BCUT2D eigenvalue weighted by atomic mass is 10.3. The van der Waals surface area contributed by atoms with Crippen LogP contribution in [0.5, 0.6) is 0 Å². The van der Waals surface area contributed by atoms with Crippen LogP contribution in [-0.4, -0.2) is 37.4 Å². The maximum Gasteiger partial charge on any atom is 0.418 e. The Kier molecular flexibility index (Phi) is 9.95. The number of oxime groups is 1. The molecule has 1 aromatic rings. The summed E-state index contributed by atoms with van der Waals surface area (Å²) in [4.78, 5) is 17.1. The van der Waals surface area contributed by atoms with Crippen LogP contribution in [0, 0.1) is 0 Å². The normalized spacial score (nSPS) is 14.0. The fraction of sp³-hybridized carbons (Fsp3) is 0.529. The number of nitrogens with zero attached hydrogens (tertiary/aromatic N) is 1. The van der Waals surface area contributed by atoms with Crippen molar-refractivity contribution in [2.45, 2.75) is 40.2 Å². The summed E-state index contributed by atoms with van der Waals surface area (Å²) >= 11 is 0. The van der Waals surface area contributed by atoms with Crippen molar-refractivity contribution < 1.29 is 23.5 Å². The molecule has 0 bridgehead atoms. The van der Waals surface area contributed by atoms with Gasteiger partial charge < -0.3 is 14.1 Å². The van der Waals surface area contributed by atoms with Gasteiger partial charge in [0.05, 0.1) is 0 Å². The first-order valence-electron chi connectivity index (χ1n) is 8.62. The Morgan fingerprint density at radius 2 is 1.92 bits per heavy atom. The summed E-state index contributed by atoms with van der Waals surface area (Å²) in [7, 11) is -3.06. The summed E-state index contributed by atoms with van der Waals surface area (Å²) < 4.78 is 23.2. The van der Waals surface area contributed by atoms with Gasteiger partial charge in [-0.05, 0) is 37.6 Å². The summed E-state index contributed by atoms with van der Waals surface area (Å²) in [5.74, 6) is -0.105. The number of carbonyl (C=O) groups is 1. The highest BCUT2D eigenvalue weighted by Crippen LogP contribution is 2.42. The van der Waals surface area contributed by atoms with Crippen LogP contribution in [0.3, 0.4) is 0 Å². The van der Waals surface area contributed by atoms with E-state index in [1.54, 1.807) is 31.2 Å². The minimum absolute atomic E-state index is 0.0141. The highest BCUT2D eigenvalue weighted by molar-refractivity contribution is 7.56. The number of para-hydroxylation sites is 1. The molecular formula is C17H28N3O5P. The van der Waals surface area contributed by atoms with Crippen LogP contribution >= 0.6 is 7.52 Å². The molecule has 1 atom stereocenters. The second-order valence-electron chi connectivity index (χ2n) is 5.75. The van der Waals surface area contributed by atoms with Gasteiger partial charge in [-0.25, -0.2) is 9.88 Å². The molecule has 0 aliphatic carbocycles. The van der Waals surface area contributed by atoms with Gasteiger partial charge in [0.15, 0.2) is 0 Å². The van der Waals surface area contributed by atoms with Crippen molar-refractivity contribution in [2.75, 3.05) is 24.7 Å². The van der Waals surface area contributed by atoms with E-state index < -0.39 is 13.6 Å². The predicted molar refractivity (Wildman–Crippen MR) is 103 cm³/mol. The first kappa shape index (κ1) is 22.2. The van der Waals surface area contributed by atoms with Gasteiger partial charge in [-0.15, -0.1) is 0 Å². The quantitative estimate of drug-likeness (QED) is 0.206. The molecule has 1 aromatic carbocycles. The van der Waals surface area contributed by atoms with E-state index in [1.165, 1.54) is 0 Å². The second-order valence-corrected chi connectivity index (χ2v) is 8.24. The first-order valence-corrected chi connectivity index (χ1v) is 10.4. The molecule has 2 N–H and O–H groups in total. The molecule has 0 spiro atoms. The molecule has 9 heteroatoms. The summed E-state index contributed by atoms with van der Waals surface area (Å²) in [6.45, 7) is 7.53. The zero-order valence-electron chi connectivity index (χ0n) is 15.7. The van der Waals surface area contributed by atoms with E-state index in [0.717, 1.165) is 6.42 Å². The van der Waals surface area contributed by atoms with Crippen molar-refractivity contribution >= 4 is 25.2 Å². The highest BCUT2D eigenvalue weighted by atomic mass is 31.2. The van der Waals surface area contributed by atoms with Crippen LogP contribution in [0.15, 0.2) is 35.5 Å². The van der Waals surface area contributed by atoms with E-state index in [9.17, 15) is 9.36 Å². The van der Waals surface area contributed by atoms with Gasteiger partial charge in [-0.2, -0.15) is 0 Å². The fourth-order valence-electron chi connectivity index (χ4n) is 1.83. The monoisotopic (exact) mass is 385 g/mol. The van der Waals surface area contributed by atoms with Crippen molar-refractivity contribution in [2.24, 2.45) is 5.16 Å². The average Bonchev–Trinajstić information content (AvgIpc) is 2.60. The molecule has 0 aromatic heterocycles. The molecule has 146 valence electrons. The minimum atomic E-state index is -3.06. The molecule has 0 aliphatic heterocycles. The standard InChI is InChI=1S/C17H28N3O5P/c1-5-12-23-19-16(13-24-26(22,6-2)20-14(3)4)25-17(21)18-15-10-8-7-9-11-15/h7-11,14H,5-6,12-13H2,1-4H3,(H,18,21)(H,20,22). The minimum Gasteiger partial charge on any atom is -0.393 e. The lowest BCUT2D eigenvalue weighted by Gasteiger charge is -2.20. The van der Waals surface area contributed by atoms with Gasteiger partial charge in [0.25, 0.3) is 13.4 Å². The lowest BCUT2D eigenvalue weighted by Crippen LogP contribution is -2.26. The molecule has 0 saturated carbocycles. The lowest BCUT2D eigenvalue weighted by molar-refractivity contribution is 0.131. The van der Waals surface area contributed by atoms with Gasteiger partial charge in [0.2, 0.25) is 0 Å². The maximum atomic E-state index is 12.6. The molecule has 0 fully saturated rings. The Hall–Kier alpha value is -1.89. The van der Waals surface area contributed by atoms with Crippen LogP contribution < -0.4 is 10.4 Å². The van der Waals surface area contributed by atoms with E-state index in [4.69, 9.17) is 14.1 Å². The predicted octanol–water partition coefficient (Wildman–Crippen LogP) is 4.20. The van der Waals surface area contributed by atoms with Gasteiger partial charge in [-0.3, -0.25) is 9.88 Å². The SMILES string of the molecule is CCCON=C(COP(=O)(CC)NC(C)C)OC(=O)Nc1ccccc1. The number of hydrogen-bond acceptors (Lipinski definition) is 6. The van der Waals surface area contributed by atoms with Gasteiger partial charge in [0, 0.05) is 17.9 Å². The Bertz CT molecular complexity index is 622. The zero-order chi connectivity index (χ0) is 19.4. The third-order valence-corrected chi connectivity index (χ3v) is 5.25. The van der Waals surface area contributed by atoms with E-state index in [1.807, 2.05) is 26.8 Å². The van der Waals surface area contributed by atoms with Crippen molar-refractivity contribution in [3.63, 3.8) is 0 Å². The molecule has 1 unspecified atom stereocenters. The highest BCUT2D eigenvalue weighted by Gasteiger charge is 2.23. The number of amides is 1. The van der Waals surface area contributed by atoms with Crippen LogP contribution in [0.1, 0.15) is 34.1 Å². The fourth-order valence-corrected chi connectivity index (χ4v) is 3.37. The number of rotatable bonds is 10. The van der Waals surface area contributed by atoms with Gasteiger partial charge >= 0.3 is 6.09 Å². The van der Waals surface area contributed by atoms with Crippen LogP contribution in [-0.2, 0) is 18.7 Å². The maximum absolute atomic E-state index is 12.6. The van der Waals surface area contributed by atoms with E-state index in [0.29, 0.717) is 18.5 Å². The average molecular weight is 385 g/mol. The molecular weight excluding hydrogens is 357 g/mol. The van der Waals surface area contributed by atoms with Crippen LogP contribution in [0.4, 0.5) is 10.5 Å². The molecule has 0 aliphatic rings. The van der Waals surface area contributed by atoms with E-state index >= 15 is 0 Å². The number of nitrogens with one attached hydrogen (secondary N) is 2. The van der Waals surface area contributed by atoms with Crippen LogP contribution in [0.2, 0.25) is 0 Å². The van der Waals surface area contributed by atoms with Crippen molar-refractivity contribution in [1.82, 2.24) is 5.09 Å². The summed E-state index contributed by atoms with van der Waals surface area (Å²) in [6.07, 6.45) is 0.308. The molecule has 1 rings (SSSR count). The Balaban J connectivity index is 2.70. The van der Waals surface area contributed by atoms with Gasteiger partial charge in [-0.1, -0.05) is 32.0 Å². The summed E-state index contributed by atoms with van der Waals surface area (Å²) in [5.41, 5.74) is 0.577. The largest absolute Gasteiger partial charge is 0.418 e. The number of hydrogen-bond donors (Lipinski definition) is 2. The molecule has 26 heavy (non-hydrogen) atoms. The molecule has 0 radical (unpaired) electrons. The Morgan fingerprint density at radius 1 is 1.23 bits per heavy atom. The first-order chi connectivity index (χ1) is 12.4. The number of ether oxygens (including phenoxy) is 1. The van der Waals surface area contributed by atoms with Gasteiger partial charge in [0.1, 0.15) is 13.2 Å². The molecule has 1 amide bonds. The number of benzene rings is 1. The third-order valence-electron chi connectivity index (χ3n) is 2.96. The summed E-state index contributed by atoms with van der Waals surface area (Å²) in [6, 6.07) is 8.83. The van der Waals surface area contributed by atoms with Crippen molar-refractivity contribution in [1.29, 1.82) is 0 Å². The molecule has 8 nitrogen and oxygen atoms in total. The number of carbonyl (C=O) groups excluding carboxylic acids is 1. The number of anilines is 1. The van der Waals surface area contributed by atoms with Crippen LogP contribution in [0.25, 0.3) is 0 Å². The summed E-state index contributed by atoms with van der Waals surface area (Å²) in [5, 5.41) is 9.24.